The van der Waals surface area contributed by atoms with Crippen LogP contribution in [0.2, 0.25) is 0 Å². The molecule has 2 aromatic rings. The molecular weight excluding hydrogens is 305 g/mol. The summed E-state index contributed by atoms with van der Waals surface area (Å²) in [6, 6.07) is 7.97. The first kappa shape index (κ1) is 14.9. The SMILES string of the molecule is CC1(N2CCn3nc(-c4ccc(F)cc4)cc3C2=O)C=CC=CC1. The van der Waals surface area contributed by atoms with Gasteiger partial charge in [-0.25, -0.2) is 4.39 Å². The highest BCUT2D eigenvalue weighted by molar-refractivity contribution is 5.95. The molecule has 24 heavy (non-hydrogen) atoms. The summed E-state index contributed by atoms with van der Waals surface area (Å²) in [4.78, 5) is 14.9. The van der Waals surface area contributed by atoms with Gasteiger partial charge in [-0.2, -0.15) is 5.10 Å². The van der Waals surface area contributed by atoms with Gasteiger partial charge in [-0.1, -0.05) is 24.3 Å². The van der Waals surface area contributed by atoms with Crippen LogP contribution < -0.4 is 0 Å². The second-order valence-corrected chi connectivity index (χ2v) is 6.45. The molecule has 0 saturated carbocycles. The van der Waals surface area contributed by atoms with Gasteiger partial charge >= 0.3 is 0 Å². The molecule has 0 bridgehead atoms. The van der Waals surface area contributed by atoms with Crippen LogP contribution in [0.25, 0.3) is 11.3 Å². The van der Waals surface area contributed by atoms with E-state index < -0.39 is 0 Å². The number of nitrogens with zero attached hydrogens (tertiary/aromatic N) is 3. The van der Waals surface area contributed by atoms with Gasteiger partial charge in [0.15, 0.2) is 0 Å². The van der Waals surface area contributed by atoms with Gasteiger partial charge in [-0.3, -0.25) is 9.48 Å². The molecule has 1 aromatic carbocycles. The lowest BCUT2D eigenvalue weighted by Gasteiger charge is -2.41. The molecule has 2 aliphatic rings. The van der Waals surface area contributed by atoms with Gasteiger partial charge in [0.2, 0.25) is 0 Å². The zero-order valence-electron chi connectivity index (χ0n) is 13.4. The van der Waals surface area contributed by atoms with Crippen LogP contribution in [0.3, 0.4) is 0 Å². The van der Waals surface area contributed by atoms with Crippen LogP contribution in [0.15, 0.2) is 54.6 Å². The number of hydrogen-bond acceptors (Lipinski definition) is 2. The van der Waals surface area contributed by atoms with Crippen LogP contribution in [0, 0.1) is 5.82 Å². The number of amides is 1. The van der Waals surface area contributed by atoms with Crippen LogP contribution >= 0.6 is 0 Å². The summed E-state index contributed by atoms with van der Waals surface area (Å²) in [6.07, 6.45) is 8.98. The summed E-state index contributed by atoms with van der Waals surface area (Å²) < 4.78 is 14.8. The van der Waals surface area contributed by atoms with E-state index in [1.165, 1.54) is 12.1 Å². The Labute approximate surface area is 139 Å². The average molecular weight is 323 g/mol. The van der Waals surface area contributed by atoms with Crippen molar-refractivity contribution in [2.75, 3.05) is 6.54 Å². The maximum absolute atomic E-state index is 13.1. The van der Waals surface area contributed by atoms with E-state index in [0.717, 1.165) is 12.0 Å². The summed E-state index contributed by atoms with van der Waals surface area (Å²) >= 11 is 0. The van der Waals surface area contributed by atoms with Crippen LogP contribution in [0.4, 0.5) is 4.39 Å². The number of halogens is 1. The van der Waals surface area contributed by atoms with Crippen LogP contribution in [-0.4, -0.2) is 32.7 Å². The van der Waals surface area contributed by atoms with Gasteiger partial charge < -0.3 is 4.90 Å². The van der Waals surface area contributed by atoms with E-state index >= 15 is 0 Å². The highest BCUT2D eigenvalue weighted by Crippen LogP contribution is 2.30. The summed E-state index contributed by atoms with van der Waals surface area (Å²) in [6.45, 7) is 3.37. The van der Waals surface area contributed by atoms with E-state index in [2.05, 4.69) is 24.2 Å². The Morgan fingerprint density at radius 3 is 2.67 bits per heavy atom. The largest absolute Gasteiger partial charge is 0.326 e. The van der Waals surface area contributed by atoms with Crippen molar-refractivity contribution in [2.45, 2.75) is 25.4 Å². The first-order valence-corrected chi connectivity index (χ1v) is 8.07. The Kier molecular flexibility index (Phi) is 3.37. The number of hydrogen-bond donors (Lipinski definition) is 0. The van der Waals surface area contributed by atoms with Gasteiger partial charge in [0, 0.05) is 12.1 Å². The van der Waals surface area contributed by atoms with E-state index in [4.69, 9.17) is 0 Å². The summed E-state index contributed by atoms with van der Waals surface area (Å²) in [7, 11) is 0. The Bertz CT molecular complexity index is 850. The fourth-order valence-electron chi connectivity index (χ4n) is 3.36. The Morgan fingerprint density at radius 1 is 1.17 bits per heavy atom. The monoisotopic (exact) mass is 323 g/mol. The molecule has 4 rings (SSSR count). The predicted octanol–water partition coefficient (Wildman–Crippen LogP) is 3.42. The number of carbonyl (C=O) groups excluding carboxylic acids is 1. The van der Waals surface area contributed by atoms with Crippen molar-refractivity contribution >= 4 is 5.91 Å². The van der Waals surface area contributed by atoms with Crippen LogP contribution in [-0.2, 0) is 6.54 Å². The summed E-state index contributed by atoms with van der Waals surface area (Å²) in [5, 5.41) is 4.52. The van der Waals surface area contributed by atoms with Crippen molar-refractivity contribution in [1.29, 1.82) is 0 Å². The molecule has 1 aromatic heterocycles. The fraction of sp³-hybridized carbons (Fsp3) is 0.263. The van der Waals surface area contributed by atoms with Crippen molar-refractivity contribution in [1.82, 2.24) is 14.7 Å². The molecule has 122 valence electrons. The molecule has 0 N–H and O–H groups in total. The molecule has 1 aliphatic carbocycles. The molecule has 5 heteroatoms. The van der Waals surface area contributed by atoms with Gasteiger partial charge in [0.25, 0.3) is 5.91 Å². The minimum atomic E-state index is -0.294. The van der Waals surface area contributed by atoms with Gasteiger partial charge in [0.05, 0.1) is 17.8 Å². The third-order valence-corrected chi connectivity index (χ3v) is 4.77. The Balaban J connectivity index is 1.67. The number of aromatic nitrogens is 2. The average Bonchev–Trinajstić information content (AvgIpc) is 3.01. The third-order valence-electron chi connectivity index (χ3n) is 4.77. The fourth-order valence-corrected chi connectivity index (χ4v) is 3.36. The van der Waals surface area contributed by atoms with Crippen molar-refractivity contribution in [3.8, 4) is 11.3 Å². The molecular formula is C19H18FN3O. The topological polar surface area (TPSA) is 38.1 Å². The van der Waals surface area contributed by atoms with Gasteiger partial charge in [-0.15, -0.1) is 0 Å². The molecule has 0 fully saturated rings. The molecule has 1 amide bonds. The number of carbonyl (C=O) groups is 1. The molecule has 0 spiro atoms. The summed E-state index contributed by atoms with van der Waals surface area (Å²) in [5.41, 5.74) is 1.80. The highest BCUT2D eigenvalue weighted by atomic mass is 19.1. The standard InChI is InChI=1S/C19H18FN3O/c1-19(9-3-2-4-10-19)22-11-12-23-17(18(22)24)13-16(21-23)14-5-7-15(20)8-6-14/h2-9,13H,10-12H2,1H3. The maximum atomic E-state index is 13.1. The lowest BCUT2D eigenvalue weighted by atomic mass is 9.90. The normalized spacial score (nSPS) is 22.8. The lowest BCUT2D eigenvalue weighted by Crippen LogP contribution is -2.53. The lowest BCUT2D eigenvalue weighted by molar-refractivity contribution is 0.0526. The number of fused-ring (bicyclic) bond motifs is 1. The Morgan fingerprint density at radius 2 is 1.96 bits per heavy atom. The molecule has 0 saturated heterocycles. The van der Waals surface area contributed by atoms with E-state index in [9.17, 15) is 9.18 Å². The molecule has 1 unspecified atom stereocenters. The Hall–Kier alpha value is -2.69. The quantitative estimate of drug-likeness (QED) is 0.849. The van der Waals surface area contributed by atoms with Crippen LogP contribution in [0.1, 0.15) is 23.8 Å². The van der Waals surface area contributed by atoms with Gasteiger partial charge in [-0.05, 0) is 43.7 Å². The first-order valence-electron chi connectivity index (χ1n) is 8.07. The van der Waals surface area contributed by atoms with Crippen molar-refractivity contribution in [2.24, 2.45) is 0 Å². The number of rotatable bonds is 2. The second kappa shape index (κ2) is 5.44. The van der Waals surface area contributed by atoms with Crippen molar-refractivity contribution in [3.63, 3.8) is 0 Å². The zero-order chi connectivity index (χ0) is 16.7. The maximum Gasteiger partial charge on any atom is 0.272 e. The third kappa shape index (κ3) is 2.37. The minimum Gasteiger partial charge on any atom is -0.326 e. The zero-order valence-corrected chi connectivity index (χ0v) is 13.4. The number of allylic oxidation sites excluding steroid dienone is 2. The second-order valence-electron chi connectivity index (χ2n) is 6.45. The van der Waals surface area contributed by atoms with E-state index in [1.54, 1.807) is 22.9 Å². The molecule has 1 aliphatic heterocycles. The van der Waals surface area contributed by atoms with E-state index in [0.29, 0.717) is 24.5 Å². The minimum absolute atomic E-state index is 0.00967. The van der Waals surface area contributed by atoms with Crippen molar-refractivity contribution < 1.29 is 9.18 Å². The van der Waals surface area contributed by atoms with Crippen molar-refractivity contribution in [3.05, 3.63) is 66.1 Å². The van der Waals surface area contributed by atoms with Gasteiger partial charge in [0.1, 0.15) is 11.5 Å². The van der Waals surface area contributed by atoms with Crippen LogP contribution in [0.5, 0.6) is 0 Å². The van der Waals surface area contributed by atoms with E-state index in [-0.39, 0.29) is 17.3 Å². The molecule has 2 heterocycles. The van der Waals surface area contributed by atoms with E-state index in [1.807, 2.05) is 17.1 Å². The molecule has 0 radical (unpaired) electrons. The summed E-state index contributed by atoms with van der Waals surface area (Å²) in [5.74, 6) is -0.292. The first-order chi connectivity index (χ1) is 11.6. The predicted molar refractivity (Wildman–Crippen MR) is 90.0 cm³/mol. The smallest absolute Gasteiger partial charge is 0.272 e. The molecule has 1 atom stereocenters. The highest BCUT2D eigenvalue weighted by Gasteiger charge is 2.37. The number of benzene rings is 1. The molecule has 4 nitrogen and oxygen atoms in total.